The van der Waals surface area contributed by atoms with Crippen molar-refractivity contribution in [3.8, 4) is 11.8 Å². The van der Waals surface area contributed by atoms with Gasteiger partial charge in [0.1, 0.15) is 17.4 Å². The number of methoxy groups -OCH3 is 1. The summed E-state index contributed by atoms with van der Waals surface area (Å²) >= 11 is 0. The molecule has 28 heavy (non-hydrogen) atoms. The topological polar surface area (TPSA) is 74.1 Å². The molecule has 2 rings (SSSR count). The monoisotopic (exact) mass is 383 g/mol. The van der Waals surface area contributed by atoms with E-state index in [2.05, 4.69) is 10.6 Å². The largest absolute Gasteiger partial charge is 0.495 e. The first-order valence-electron chi connectivity index (χ1n) is 10.5. The molecule has 0 unspecified atom stereocenters. The Morgan fingerprint density at radius 3 is 2.18 bits per heavy atom. The number of carbonyl (C=O) groups is 1. The number of hydrogen-bond acceptors (Lipinski definition) is 4. The van der Waals surface area contributed by atoms with Crippen molar-refractivity contribution in [2.75, 3.05) is 12.4 Å². The summed E-state index contributed by atoms with van der Waals surface area (Å²) in [6.45, 7) is 0. The molecule has 152 valence electrons. The van der Waals surface area contributed by atoms with Crippen LogP contribution in [-0.2, 0) is 4.79 Å². The smallest absolute Gasteiger partial charge is 0.267 e. The summed E-state index contributed by atoms with van der Waals surface area (Å²) in [5.74, 6) is 0.146. The van der Waals surface area contributed by atoms with Crippen LogP contribution < -0.4 is 15.4 Å². The van der Waals surface area contributed by atoms with Gasteiger partial charge in [0.15, 0.2) is 0 Å². The van der Waals surface area contributed by atoms with Gasteiger partial charge in [-0.15, -0.1) is 0 Å². The van der Waals surface area contributed by atoms with Crippen molar-refractivity contribution in [3.63, 3.8) is 0 Å². The lowest BCUT2D eigenvalue weighted by atomic mass is 9.98. The molecule has 0 aliphatic heterocycles. The minimum Gasteiger partial charge on any atom is -0.495 e. The predicted octanol–water partition coefficient (Wildman–Crippen LogP) is 5.30. The minimum absolute atomic E-state index is 0.0806. The molecule has 0 heterocycles. The van der Waals surface area contributed by atoms with Crippen LogP contribution in [0.25, 0.3) is 0 Å². The summed E-state index contributed by atoms with van der Waals surface area (Å²) in [6.07, 6.45) is 15.4. The molecule has 1 aliphatic rings. The number of carbonyl (C=O) groups excluding carboxylic acids is 1. The number of para-hydroxylation sites is 2. The van der Waals surface area contributed by atoms with Gasteiger partial charge < -0.3 is 15.4 Å². The Hall–Kier alpha value is -2.48. The quantitative estimate of drug-likeness (QED) is 0.534. The zero-order valence-electron chi connectivity index (χ0n) is 17.0. The number of anilines is 1. The molecule has 0 spiro atoms. The average molecular weight is 384 g/mol. The fourth-order valence-corrected chi connectivity index (χ4v) is 3.62. The van der Waals surface area contributed by atoms with Gasteiger partial charge in [-0.05, 0) is 25.0 Å². The Labute approximate surface area is 169 Å². The molecule has 1 saturated carbocycles. The van der Waals surface area contributed by atoms with Crippen LogP contribution in [0.3, 0.4) is 0 Å². The van der Waals surface area contributed by atoms with Crippen LogP contribution in [0.4, 0.5) is 5.69 Å². The number of ether oxygens (including phenoxy) is 1. The first kappa shape index (κ1) is 21.8. The zero-order chi connectivity index (χ0) is 20.0. The Bertz CT molecular complexity index is 667. The Kier molecular flexibility index (Phi) is 9.99. The van der Waals surface area contributed by atoms with Crippen LogP contribution in [0.2, 0.25) is 0 Å². The molecule has 1 aromatic carbocycles. The fourth-order valence-electron chi connectivity index (χ4n) is 3.62. The van der Waals surface area contributed by atoms with Gasteiger partial charge in [0.25, 0.3) is 5.91 Å². The summed E-state index contributed by atoms with van der Waals surface area (Å²) in [5, 5.41) is 15.5. The second kappa shape index (κ2) is 12.8. The van der Waals surface area contributed by atoms with Crippen molar-refractivity contribution in [2.45, 2.75) is 76.7 Å². The molecule has 1 aromatic rings. The molecule has 0 aromatic heterocycles. The Balaban J connectivity index is 1.95. The second-order valence-corrected chi connectivity index (χ2v) is 7.45. The summed E-state index contributed by atoms with van der Waals surface area (Å²) in [4.78, 5) is 12.5. The third kappa shape index (κ3) is 7.64. The Morgan fingerprint density at radius 1 is 1.04 bits per heavy atom. The van der Waals surface area contributed by atoms with E-state index in [1.54, 1.807) is 25.4 Å². The van der Waals surface area contributed by atoms with Crippen molar-refractivity contribution in [3.05, 3.63) is 36.0 Å². The molecule has 1 aliphatic carbocycles. The molecule has 0 bridgehead atoms. The average Bonchev–Trinajstić information content (AvgIpc) is 2.70. The standard InChI is InChI=1S/C23H33N3O2/c1-28-22-16-12-11-15-21(22)26-23(27)19(17-24)18-25-20-13-9-7-5-3-2-4-6-8-10-14-20/h11-12,15-16,18,20,25H,2-10,13-14H2,1H3,(H,26,27)/b19-18-. The van der Waals surface area contributed by atoms with E-state index in [1.807, 2.05) is 18.2 Å². The van der Waals surface area contributed by atoms with E-state index in [4.69, 9.17) is 4.74 Å². The molecule has 1 amide bonds. The van der Waals surface area contributed by atoms with Crippen LogP contribution in [-0.4, -0.2) is 19.1 Å². The summed E-state index contributed by atoms with van der Waals surface area (Å²) in [7, 11) is 1.55. The van der Waals surface area contributed by atoms with Crippen LogP contribution in [0, 0.1) is 11.3 Å². The van der Waals surface area contributed by atoms with Crippen molar-refractivity contribution >= 4 is 11.6 Å². The molecular weight excluding hydrogens is 350 g/mol. The maximum absolute atomic E-state index is 12.5. The highest BCUT2D eigenvalue weighted by molar-refractivity contribution is 6.07. The molecule has 0 radical (unpaired) electrons. The molecular formula is C23H33N3O2. The lowest BCUT2D eigenvalue weighted by Gasteiger charge is -2.18. The van der Waals surface area contributed by atoms with E-state index in [1.165, 1.54) is 57.8 Å². The van der Waals surface area contributed by atoms with Crippen LogP contribution >= 0.6 is 0 Å². The molecule has 5 nitrogen and oxygen atoms in total. The lowest BCUT2D eigenvalue weighted by molar-refractivity contribution is -0.112. The van der Waals surface area contributed by atoms with Crippen molar-refractivity contribution < 1.29 is 9.53 Å². The number of nitriles is 1. The highest BCUT2D eigenvalue weighted by Crippen LogP contribution is 2.23. The highest BCUT2D eigenvalue weighted by atomic mass is 16.5. The fraction of sp³-hybridized carbons (Fsp3) is 0.565. The van der Waals surface area contributed by atoms with Gasteiger partial charge in [-0.3, -0.25) is 4.79 Å². The molecule has 2 N–H and O–H groups in total. The number of nitrogens with zero attached hydrogens (tertiary/aromatic N) is 1. The van der Waals surface area contributed by atoms with Crippen LogP contribution in [0.5, 0.6) is 5.75 Å². The van der Waals surface area contributed by atoms with Crippen LogP contribution in [0.1, 0.15) is 70.6 Å². The van der Waals surface area contributed by atoms with E-state index in [0.717, 1.165) is 12.8 Å². The van der Waals surface area contributed by atoms with E-state index in [9.17, 15) is 10.1 Å². The SMILES string of the molecule is COc1ccccc1NC(=O)/C(C#N)=C\NC1CCCCCCCCCCC1. The molecule has 0 saturated heterocycles. The Morgan fingerprint density at radius 2 is 1.61 bits per heavy atom. The third-order valence-electron chi connectivity index (χ3n) is 5.29. The van der Waals surface area contributed by atoms with E-state index >= 15 is 0 Å². The van der Waals surface area contributed by atoms with E-state index in [0.29, 0.717) is 17.5 Å². The second-order valence-electron chi connectivity index (χ2n) is 7.45. The molecule has 5 heteroatoms. The van der Waals surface area contributed by atoms with Gasteiger partial charge in [0.05, 0.1) is 12.8 Å². The van der Waals surface area contributed by atoms with Crippen molar-refractivity contribution in [2.24, 2.45) is 0 Å². The van der Waals surface area contributed by atoms with Gasteiger partial charge in [-0.1, -0.05) is 69.9 Å². The molecule has 1 fully saturated rings. The first-order valence-corrected chi connectivity index (χ1v) is 10.5. The zero-order valence-corrected chi connectivity index (χ0v) is 17.0. The number of hydrogen-bond donors (Lipinski definition) is 2. The van der Waals surface area contributed by atoms with Gasteiger partial charge >= 0.3 is 0 Å². The number of benzene rings is 1. The van der Waals surface area contributed by atoms with Gasteiger partial charge in [0, 0.05) is 12.2 Å². The van der Waals surface area contributed by atoms with E-state index in [-0.39, 0.29) is 5.57 Å². The maximum Gasteiger partial charge on any atom is 0.267 e. The number of nitrogens with one attached hydrogen (secondary N) is 2. The summed E-state index contributed by atoms with van der Waals surface area (Å²) in [5.41, 5.74) is 0.638. The van der Waals surface area contributed by atoms with Gasteiger partial charge in [0.2, 0.25) is 0 Å². The van der Waals surface area contributed by atoms with Crippen molar-refractivity contribution in [1.29, 1.82) is 5.26 Å². The number of rotatable bonds is 5. The van der Waals surface area contributed by atoms with Crippen molar-refractivity contribution in [1.82, 2.24) is 5.32 Å². The molecule has 0 atom stereocenters. The normalized spacial score (nSPS) is 17.5. The highest BCUT2D eigenvalue weighted by Gasteiger charge is 2.14. The van der Waals surface area contributed by atoms with Gasteiger partial charge in [-0.2, -0.15) is 5.26 Å². The summed E-state index contributed by atoms with van der Waals surface area (Å²) in [6, 6.07) is 9.51. The van der Waals surface area contributed by atoms with E-state index < -0.39 is 5.91 Å². The number of amides is 1. The van der Waals surface area contributed by atoms with Gasteiger partial charge in [-0.25, -0.2) is 0 Å². The summed E-state index contributed by atoms with van der Waals surface area (Å²) < 4.78 is 5.25. The lowest BCUT2D eigenvalue weighted by Crippen LogP contribution is -2.26. The maximum atomic E-state index is 12.5. The predicted molar refractivity (Wildman–Crippen MR) is 113 cm³/mol. The first-order chi connectivity index (χ1) is 13.7. The third-order valence-corrected chi connectivity index (χ3v) is 5.29. The minimum atomic E-state index is -0.423. The van der Waals surface area contributed by atoms with Crippen LogP contribution in [0.15, 0.2) is 36.0 Å².